The van der Waals surface area contributed by atoms with Crippen LogP contribution in [0.5, 0.6) is 0 Å². The van der Waals surface area contributed by atoms with Gasteiger partial charge in [0, 0.05) is 13.1 Å². The summed E-state index contributed by atoms with van der Waals surface area (Å²) in [6.45, 7) is 4.55. The summed E-state index contributed by atoms with van der Waals surface area (Å²) in [5, 5.41) is 2.47. The van der Waals surface area contributed by atoms with Crippen LogP contribution in [0.25, 0.3) is 0 Å². The Bertz CT molecular complexity index is 955. The Kier molecular flexibility index (Phi) is 7.08. The molecule has 0 aromatic heterocycles. The van der Waals surface area contributed by atoms with Crippen molar-refractivity contribution in [3.63, 3.8) is 0 Å². The van der Waals surface area contributed by atoms with Gasteiger partial charge in [-0.25, -0.2) is 0 Å². The largest absolute Gasteiger partial charge is 0.455 e. The van der Waals surface area contributed by atoms with Crippen molar-refractivity contribution in [2.45, 2.75) is 25.4 Å². The molecule has 6 nitrogen and oxygen atoms in total. The standard InChI is InChI=1S/C23H25F3N2O4/c1-22(2,16-6-4-3-5-7-16)21(30)32-15-20(29)27-18-14-17(23(24,25)26)8-9-19(18)28-10-12-31-13-11-28/h3-9,14H,10-13,15H2,1-2H3,(H,27,29). The van der Waals surface area contributed by atoms with Crippen LogP contribution in [0.1, 0.15) is 25.0 Å². The Hall–Kier alpha value is -3.07. The van der Waals surface area contributed by atoms with E-state index in [0.29, 0.717) is 32.0 Å². The van der Waals surface area contributed by atoms with Crippen molar-refractivity contribution in [1.29, 1.82) is 0 Å². The number of benzene rings is 2. The summed E-state index contributed by atoms with van der Waals surface area (Å²) in [6, 6.07) is 12.1. The van der Waals surface area contributed by atoms with Crippen molar-refractivity contribution in [3.05, 3.63) is 59.7 Å². The molecule has 0 aliphatic carbocycles. The van der Waals surface area contributed by atoms with Crippen molar-refractivity contribution in [2.75, 3.05) is 43.1 Å². The predicted octanol–water partition coefficient (Wildman–Crippen LogP) is 4.00. The van der Waals surface area contributed by atoms with Crippen LogP contribution in [0, 0.1) is 0 Å². The molecule has 3 rings (SSSR count). The molecule has 2 aromatic carbocycles. The molecular formula is C23H25F3N2O4. The normalized spacial score (nSPS) is 14.7. The van der Waals surface area contributed by atoms with Crippen LogP contribution in [-0.4, -0.2) is 44.8 Å². The van der Waals surface area contributed by atoms with Crippen LogP contribution < -0.4 is 10.2 Å². The predicted molar refractivity (Wildman–Crippen MR) is 114 cm³/mol. The molecule has 1 amide bonds. The minimum Gasteiger partial charge on any atom is -0.455 e. The van der Waals surface area contributed by atoms with Gasteiger partial charge in [0.25, 0.3) is 5.91 Å². The Labute approximate surface area is 184 Å². The van der Waals surface area contributed by atoms with Crippen molar-refractivity contribution in [1.82, 2.24) is 0 Å². The maximum atomic E-state index is 13.2. The number of amides is 1. The molecule has 1 aliphatic heterocycles. The van der Waals surface area contributed by atoms with Crippen LogP contribution in [0.15, 0.2) is 48.5 Å². The average molecular weight is 450 g/mol. The maximum Gasteiger partial charge on any atom is 0.416 e. The number of ether oxygens (including phenoxy) is 2. The number of alkyl halides is 3. The third-order valence-electron chi connectivity index (χ3n) is 5.29. The van der Waals surface area contributed by atoms with Crippen molar-refractivity contribution in [2.24, 2.45) is 0 Å². The minimum absolute atomic E-state index is 0.00472. The minimum atomic E-state index is -4.56. The Morgan fingerprint density at radius 3 is 2.31 bits per heavy atom. The van der Waals surface area contributed by atoms with Crippen LogP contribution >= 0.6 is 0 Å². The summed E-state index contributed by atoms with van der Waals surface area (Å²) in [5.74, 6) is -1.34. The molecule has 0 spiro atoms. The molecule has 172 valence electrons. The molecule has 9 heteroatoms. The van der Waals surface area contributed by atoms with E-state index < -0.39 is 35.6 Å². The Morgan fingerprint density at radius 1 is 1.03 bits per heavy atom. The molecule has 1 aliphatic rings. The third kappa shape index (κ3) is 5.59. The fourth-order valence-electron chi connectivity index (χ4n) is 3.36. The first-order valence-corrected chi connectivity index (χ1v) is 10.2. The molecule has 1 N–H and O–H groups in total. The summed E-state index contributed by atoms with van der Waals surface area (Å²) in [4.78, 5) is 26.8. The molecule has 1 fully saturated rings. The van der Waals surface area contributed by atoms with Gasteiger partial charge in [0.15, 0.2) is 6.61 Å². The first-order chi connectivity index (χ1) is 15.1. The lowest BCUT2D eigenvalue weighted by Gasteiger charge is -2.31. The second-order valence-electron chi connectivity index (χ2n) is 7.94. The summed E-state index contributed by atoms with van der Waals surface area (Å²) in [6.07, 6.45) is -4.56. The fraction of sp³-hybridized carbons (Fsp3) is 0.391. The summed E-state index contributed by atoms with van der Waals surface area (Å²) >= 11 is 0. The highest BCUT2D eigenvalue weighted by Crippen LogP contribution is 2.35. The number of hydrogen-bond donors (Lipinski definition) is 1. The van der Waals surface area contributed by atoms with Crippen molar-refractivity contribution >= 4 is 23.3 Å². The van der Waals surface area contributed by atoms with Gasteiger partial charge in [-0.2, -0.15) is 13.2 Å². The van der Waals surface area contributed by atoms with E-state index in [-0.39, 0.29) is 5.69 Å². The molecule has 0 bridgehead atoms. The van der Waals surface area contributed by atoms with Gasteiger partial charge in [0.2, 0.25) is 0 Å². The first kappa shape index (κ1) is 23.6. The number of hydrogen-bond acceptors (Lipinski definition) is 5. The number of halogens is 3. The zero-order valence-corrected chi connectivity index (χ0v) is 17.9. The molecule has 32 heavy (non-hydrogen) atoms. The number of anilines is 2. The van der Waals surface area contributed by atoms with E-state index in [2.05, 4.69) is 5.32 Å². The van der Waals surface area contributed by atoms with E-state index in [1.165, 1.54) is 6.07 Å². The van der Waals surface area contributed by atoms with E-state index in [0.717, 1.165) is 17.7 Å². The van der Waals surface area contributed by atoms with Gasteiger partial charge in [-0.05, 0) is 37.6 Å². The van der Waals surface area contributed by atoms with Gasteiger partial charge in [-0.15, -0.1) is 0 Å². The molecule has 0 saturated carbocycles. The number of rotatable bonds is 6. The quantitative estimate of drug-likeness (QED) is 0.674. The highest BCUT2D eigenvalue weighted by atomic mass is 19.4. The van der Waals surface area contributed by atoms with Crippen LogP contribution in [0.4, 0.5) is 24.5 Å². The molecule has 2 aromatic rings. The van der Waals surface area contributed by atoms with Crippen LogP contribution in [-0.2, 0) is 30.7 Å². The highest BCUT2D eigenvalue weighted by molar-refractivity contribution is 5.96. The fourth-order valence-corrected chi connectivity index (χ4v) is 3.36. The first-order valence-electron chi connectivity index (χ1n) is 10.2. The Balaban J connectivity index is 1.72. The number of carbonyl (C=O) groups is 2. The monoisotopic (exact) mass is 450 g/mol. The average Bonchev–Trinajstić information content (AvgIpc) is 2.78. The summed E-state index contributed by atoms with van der Waals surface area (Å²) < 4.78 is 50.1. The van der Waals surface area contributed by atoms with Gasteiger partial charge < -0.3 is 19.7 Å². The maximum absolute atomic E-state index is 13.2. The van der Waals surface area contributed by atoms with Gasteiger partial charge in [0.05, 0.1) is 35.6 Å². The smallest absolute Gasteiger partial charge is 0.416 e. The van der Waals surface area contributed by atoms with Gasteiger partial charge in [0.1, 0.15) is 0 Å². The summed E-state index contributed by atoms with van der Waals surface area (Å²) in [5.41, 5.74) is -0.697. The molecule has 0 atom stereocenters. The highest BCUT2D eigenvalue weighted by Gasteiger charge is 2.33. The summed E-state index contributed by atoms with van der Waals surface area (Å²) in [7, 11) is 0. The lowest BCUT2D eigenvalue weighted by atomic mass is 9.85. The SMILES string of the molecule is CC(C)(C(=O)OCC(=O)Nc1cc(C(F)(F)F)ccc1N1CCOCC1)c1ccccc1. The van der Waals surface area contributed by atoms with Gasteiger partial charge in [-0.1, -0.05) is 30.3 Å². The molecule has 1 heterocycles. The van der Waals surface area contributed by atoms with E-state index in [4.69, 9.17) is 9.47 Å². The van der Waals surface area contributed by atoms with Crippen molar-refractivity contribution in [3.8, 4) is 0 Å². The topological polar surface area (TPSA) is 67.9 Å². The number of esters is 1. The second-order valence-corrected chi connectivity index (χ2v) is 7.94. The van der Waals surface area contributed by atoms with E-state index in [9.17, 15) is 22.8 Å². The molecule has 0 radical (unpaired) electrons. The lowest BCUT2D eigenvalue weighted by molar-refractivity contribution is -0.152. The van der Waals surface area contributed by atoms with Gasteiger partial charge in [-0.3, -0.25) is 9.59 Å². The molecular weight excluding hydrogens is 425 g/mol. The van der Waals surface area contributed by atoms with Crippen LogP contribution in [0.2, 0.25) is 0 Å². The van der Waals surface area contributed by atoms with E-state index >= 15 is 0 Å². The molecule has 0 unspecified atom stereocenters. The van der Waals surface area contributed by atoms with E-state index in [1.807, 2.05) is 11.0 Å². The Morgan fingerprint density at radius 2 is 1.69 bits per heavy atom. The van der Waals surface area contributed by atoms with E-state index in [1.54, 1.807) is 38.1 Å². The number of morpholine rings is 1. The van der Waals surface area contributed by atoms with Gasteiger partial charge >= 0.3 is 12.1 Å². The number of nitrogens with zero attached hydrogens (tertiary/aromatic N) is 1. The lowest BCUT2D eigenvalue weighted by Crippen LogP contribution is -2.37. The number of nitrogens with one attached hydrogen (secondary N) is 1. The zero-order valence-electron chi connectivity index (χ0n) is 17.9. The second kappa shape index (κ2) is 9.60. The molecule has 1 saturated heterocycles. The zero-order chi connectivity index (χ0) is 23.4. The third-order valence-corrected chi connectivity index (χ3v) is 5.29. The van der Waals surface area contributed by atoms with Crippen LogP contribution in [0.3, 0.4) is 0 Å². The number of carbonyl (C=O) groups excluding carboxylic acids is 2. The van der Waals surface area contributed by atoms with Crippen molar-refractivity contribution < 1.29 is 32.2 Å².